The number of Topliss-reactive ketones (excluding diaryl/α,β-unsaturated/α-hetero) is 1. The summed E-state index contributed by atoms with van der Waals surface area (Å²) in [5, 5.41) is 7.13. The number of nitrogens with one attached hydrogen (secondary N) is 2. The lowest BCUT2D eigenvalue weighted by molar-refractivity contribution is 0.0473. The number of halogens is 1. The van der Waals surface area contributed by atoms with Gasteiger partial charge in [-0.25, -0.2) is 14.2 Å². The molecule has 8 heteroatoms. The summed E-state index contributed by atoms with van der Waals surface area (Å²) in [5.41, 5.74) is 0.431. The molecule has 2 aromatic rings. The van der Waals surface area contributed by atoms with Crippen molar-refractivity contribution in [2.75, 3.05) is 6.54 Å². The second kappa shape index (κ2) is 9.27. The fourth-order valence-electron chi connectivity index (χ4n) is 3.90. The van der Waals surface area contributed by atoms with Crippen LogP contribution in [0.3, 0.4) is 0 Å². The number of amides is 1. The molecule has 172 valence electrons. The Morgan fingerprint density at radius 2 is 1.91 bits per heavy atom. The van der Waals surface area contributed by atoms with Crippen LogP contribution in [0, 0.1) is 5.82 Å². The van der Waals surface area contributed by atoms with E-state index in [1.54, 1.807) is 32.9 Å². The van der Waals surface area contributed by atoms with Gasteiger partial charge in [-0.3, -0.25) is 4.79 Å². The number of piperidine rings is 1. The number of alkyl carbamates (subject to hydrolysis) is 1. The molecule has 2 N–H and O–H groups in total. The molecule has 1 aromatic carbocycles. The summed E-state index contributed by atoms with van der Waals surface area (Å²) in [6.45, 7) is 6.16. The van der Waals surface area contributed by atoms with E-state index >= 15 is 0 Å². The van der Waals surface area contributed by atoms with Crippen LogP contribution in [0.25, 0.3) is 10.4 Å². The average Bonchev–Trinajstić information content (AvgIpc) is 3.50. The molecule has 2 aliphatic rings. The van der Waals surface area contributed by atoms with Gasteiger partial charge in [0.25, 0.3) is 0 Å². The van der Waals surface area contributed by atoms with Gasteiger partial charge < -0.3 is 15.4 Å². The number of hydrogen-bond acceptors (Lipinski definition) is 6. The molecule has 1 aromatic heterocycles. The van der Waals surface area contributed by atoms with Gasteiger partial charge in [0.1, 0.15) is 23.2 Å². The molecule has 1 saturated heterocycles. The summed E-state index contributed by atoms with van der Waals surface area (Å²) in [4.78, 5) is 31.9. The van der Waals surface area contributed by atoms with Crippen LogP contribution in [0.5, 0.6) is 0 Å². The number of carbonyl (C=O) groups is 2. The average molecular weight is 460 g/mol. The zero-order chi connectivity index (χ0) is 22.9. The van der Waals surface area contributed by atoms with E-state index in [0.29, 0.717) is 11.6 Å². The number of nitrogens with zero attached hydrogens (tertiary/aromatic N) is 1. The van der Waals surface area contributed by atoms with Crippen molar-refractivity contribution in [3.8, 4) is 10.4 Å². The molecule has 2 unspecified atom stereocenters. The molecule has 6 nitrogen and oxygen atoms in total. The van der Waals surface area contributed by atoms with Crippen molar-refractivity contribution in [2.24, 2.45) is 0 Å². The molecule has 1 aliphatic carbocycles. The molecule has 0 spiro atoms. The van der Waals surface area contributed by atoms with E-state index in [9.17, 15) is 14.0 Å². The summed E-state index contributed by atoms with van der Waals surface area (Å²) in [6.07, 6.45) is 4.29. The highest BCUT2D eigenvalue weighted by Gasteiger charge is 2.37. The van der Waals surface area contributed by atoms with Crippen molar-refractivity contribution in [1.82, 2.24) is 15.6 Å². The van der Waals surface area contributed by atoms with Gasteiger partial charge >= 0.3 is 6.09 Å². The molecule has 2 heterocycles. The molecule has 4 rings (SSSR count). The molecule has 2 atom stereocenters. The normalized spacial score (nSPS) is 19.9. The second-order valence-corrected chi connectivity index (χ2v) is 10.6. The molecule has 1 amide bonds. The van der Waals surface area contributed by atoms with E-state index < -0.39 is 17.7 Å². The Kier molecular flexibility index (Phi) is 6.62. The Morgan fingerprint density at radius 3 is 2.50 bits per heavy atom. The third-order valence-electron chi connectivity index (χ3n) is 5.62. The summed E-state index contributed by atoms with van der Waals surface area (Å²) < 4.78 is 18.9. The zero-order valence-corrected chi connectivity index (χ0v) is 19.6. The van der Waals surface area contributed by atoms with E-state index in [4.69, 9.17) is 9.72 Å². The quantitative estimate of drug-likeness (QED) is 0.591. The highest BCUT2D eigenvalue weighted by molar-refractivity contribution is 7.15. The number of ether oxygens (including phenoxy) is 1. The van der Waals surface area contributed by atoms with Gasteiger partial charge in [-0.2, -0.15) is 0 Å². The van der Waals surface area contributed by atoms with Crippen LogP contribution in [-0.2, 0) is 4.74 Å². The largest absolute Gasteiger partial charge is 0.444 e. The standard InChI is InChI=1S/C24H30FN3O3S/c1-24(2,3)31-23(30)28-18(17-6-4-5-13-26-17)20(29)19-21(14-9-11-16(25)12-10-14)32-22(27-19)15-7-8-15/h9-12,15,17-18,26H,4-8,13H2,1-3H3,(H,28,30). The van der Waals surface area contributed by atoms with Crippen molar-refractivity contribution in [1.29, 1.82) is 0 Å². The van der Waals surface area contributed by atoms with Gasteiger partial charge in [-0.1, -0.05) is 18.6 Å². The van der Waals surface area contributed by atoms with E-state index in [0.717, 1.165) is 54.1 Å². The number of rotatable bonds is 6. The first-order valence-corrected chi connectivity index (χ1v) is 12.1. The highest BCUT2D eigenvalue weighted by Crippen LogP contribution is 2.45. The monoisotopic (exact) mass is 459 g/mol. The lowest BCUT2D eigenvalue weighted by Crippen LogP contribution is -2.56. The highest BCUT2D eigenvalue weighted by atomic mass is 32.1. The van der Waals surface area contributed by atoms with Gasteiger partial charge in [-0.05, 0) is 70.7 Å². The van der Waals surface area contributed by atoms with Crippen LogP contribution < -0.4 is 10.6 Å². The van der Waals surface area contributed by atoms with Gasteiger partial charge in [-0.15, -0.1) is 11.3 Å². The van der Waals surface area contributed by atoms with Crippen LogP contribution in [-0.4, -0.2) is 41.1 Å². The van der Waals surface area contributed by atoms with E-state index in [-0.39, 0.29) is 17.6 Å². The number of hydrogen-bond donors (Lipinski definition) is 2. The third kappa shape index (κ3) is 5.53. The Bertz CT molecular complexity index is 973. The molecule has 1 saturated carbocycles. The molecular weight excluding hydrogens is 429 g/mol. The number of thiazole rings is 1. The van der Waals surface area contributed by atoms with Crippen LogP contribution in [0.1, 0.15) is 74.3 Å². The van der Waals surface area contributed by atoms with Gasteiger partial charge in [0.05, 0.1) is 9.88 Å². The SMILES string of the molecule is CC(C)(C)OC(=O)NC(C(=O)c1nc(C2CC2)sc1-c1ccc(F)cc1)C1CCCCN1. The Morgan fingerprint density at radius 1 is 1.19 bits per heavy atom. The van der Waals surface area contributed by atoms with E-state index in [2.05, 4.69) is 10.6 Å². The summed E-state index contributed by atoms with van der Waals surface area (Å²) in [5.74, 6) is -0.187. The van der Waals surface area contributed by atoms with Crippen molar-refractivity contribution < 1.29 is 18.7 Å². The van der Waals surface area contributed by atoms with Crippen LogP contribution >= 0.6 is 11.3 Å². The fourth-order valence-corrected chi connectivity index (χ4v) is 5.14. The molecule has 2 fully saturated rings. The first-order chi connectivity index (χ1) is 15.2. The first-order valence-electron chi connectivity index (χ1n) is 11.2. The third-order valence-corrected chi connectivity index (χ3v) is 6.88. The van der Waals surface area contributed by atoms with Crippen molar-refractivity contribution in [2.45, 2.75) is 76.5 Å². The number of ketones is 1. The summed E-state index contributed by atoms with van der Waals surface area (Å²) in [6, 6.07) is 5.13. The van der Waals surface area contributed by atoms with Crippen molar-refractivity contribution >= 4 is 23.2 Å². The van der Waals surface area contributed by atoms with E-state index in [1.165, 1.54) is 23.5 Å². The number of aromatic nitrogens is 1. The van der Waals surface area contributed by atoms with Crippen LogP contribution in [0.2, 0.25) is 0 Å². The second-order valence-electron chi connectivity index (χ2n) is 9.56. The lowest BCUT2D eigenvalue weighted by Gasteiger charge is -2.31. The Labute approximate surface area is 192 Å². The van der Waals surface area contributed by atoms with Gasteiger partial charge in [0.15, 0.2) is 0 Å². The Balaban J connectivity index is 1.67. The van der Waals surface area contributed by atoms with Gasteiger partial charge in [0, 0.05) is 12.0 Å². The maximum Gasteiger partial charge on any atom is 0.408 e. The molecular formula is C24H30FN3O3S. The smallest absolute Gasteiger partial charge is 0.408 e. The predicted molar refractivity (Wildman–Crippen MR) is 123 cm³/mol. The number of carbonyl (C=O) groups excluding carboxylic acids is 2. The minimum absolute atomic E-state index is 0.198. The molecule has 1 aliphatic heterocycles. The topological polar surface area (TPSA) is 80.3 Å². The molecule has 32 heavy (non-hydrogen) atoms. The maximum atomic E-state index is 13.8. The van der Waals surface area contributed by atoms with Crippen molar-refractivity contribution in [3.05, 3.63) is 40.8 Å². The van der Waals surface area contributed by atoms with E-state index in [1.807, 2.05) is 0 Å². The fraction of sp³-hybridized carbons (Fsp3) is 0.542. The minimum atomic E-state index is -0.793. The molecule has 0 radical (unpaired) electrons. The maximum absolute atomic E-state index is 13.8. The van der Waals surface area contributed by atoms with Crippen LogP contribution in [0.15, 0.2) is 24.3 Å². The summed E-state index contributed by atoms with van der Waals surface area (Å²) >= 11 is 1.49. The lowest BCUT2D eigenvalue weighted by atomic mass is 9.93. The van der Waals surface area contributed by atoms with Gasteiger partial charge in [0.2, 0.25) is 5.78 Å². The van der Waals surface area contributed by atoms with Crippen molar-refractivity contribution in [3.63, 3.8) is 0 Å². The first kappa shape index (κ1) is 22.9. The summed E-state index contributed by atoms with van der Waals surface area (Å²) in [7, 11) is 0. The predicted octanol–water partition coefficient (Wildman–Crippen LogP) is 5.04. The molecule has 0 bridgehead atoms. The van der Waals surface area contributed by atoms with Crippen LogP contribution in [0.4, 0.5) is 9.18 Å². The zero-order valence-electron chi connectivity index (χ0n) is 18.7. The number of benzene rings is 1. The minimum Gasteiger partial charge on any atom is -0.444 e. The Hall–Kier alpha value is -2.32.